The van der Waals surface area contributed by atoms with Crippen LogP contribution in [0.5, 0.6) is 0 Å². The number of carbonyl (C=O) groups is 1. The SMILES string of the molecule is CC(C)C1=CC(=O)c2ccccc2C1=S. The normalized spacial score (nSPS) is 15.3. The summed E-state index contributed by atoms with van der Waals surface area (Å²) < 4.78 is 0. The summed E-state index contributed by atoms with van der Waals surface area (Å²) in [5.74, 6) is 0.373. The molecule has 0 saturated heterocycles. The molecule has 1 aliphatic carbocycles. The van der Waals surface area contributed by atoms with Crippen molar-refractivity contribution < 1.29 is 4.79 Å². The zero-order chi connectivity index (χ0) is 11.0. The lowest BCUT2D eigenvalue weighted by Crippen LogP contribution is -2.18. The molecule has 1 aromatic carbocycles. The molecule has 0 heterocycles. The predicted octanol–water partition coefficient (Wildman–Crippen LogP) is 3.18. The van der Waals surface area contributed by atoms with E-state index in [4.69, 9.17) is 12.2 Å². The lowest BCUT2D eigenvalue weighted by molar-refractivity contribution is 0.104. The average molecular weight is 216 g/mol. The van der Waals surface area contributed by atoms with E-state index in [2.05, 4.69) is 13.8 Å². The van der Waals surface area contributed by atoms with Crippen LogP contribution in [0.1, 0.15) is 29.8 Å². The lowest BCUT2D eigenvalue weighted by atomic mass is 9.86. The minimum atomic E-state index is 0.0721. The van der Waals surface area contributed by atoms with Gasteiger partial charge in [0.25, 0.3) is 0 Å². The summed E-state index contributed by atoms with van der Waals surface area (Å²) in [7, 11) is 0. The summed E-state index contributed by atoms with van der Waals surface area (Å²) >= 11 is 5.39. The number of thiocarbonyl (C=S) groups is 1. The van der Waals surface area contributed by atoms with Gasteiger partial charge in [-0.1, -0.05) is 50.3 Å². The van der Waals surface area contributed by atoms with Gasteiger partial charge >= 0.3 is 0 Å². The molecule has 0 aliphatic heterocycles. The Labute approximate surface area is 94.8 Å². The van der Waals surface area contributed by atoms with E-state index in [9.17, 15) is 4.79 Å². The van der Waals surface area contributed by atoms with E-state index < -0.39 is 0 Å². The van der Waals surface area contributed by atoms with E-state index >= 15 is 0 Å². The minimum absolute atomic E-state index is 0.0721. The molecule has 0 N–H and O–H groups in total. The first-order valence-electron chi connectivity index (χ1n) is 5.01. The van der Waals surface area contributed by atoms with Gasteiger partial charge in [0.1, 0.15) is 0 Å². The Kier molecular flexibility index (Phi) is 2.53. The minimum Gasteiger partial charge on any atom is -0.289 e. The van der Waals surface area contributed by atoms with Crippen molar-refractivity contribution in [3.63, 3.8) is 0 Å². The highest BCUT2D eigenvalue weighted by Gasteiger charge is 2.23. The molecule has 0 fully saturated rings. The Hall–Kier alpha value is -1.28. The van der Waals surface area contributed by atoms with Crippen LogP contribution >= 0.6 is 12.2 Å². The Morgan fingerprint density at radius 2 is 1.73 bits per heavy atom. The molecule has 0 atom stereocenters. The second-order valence-electron chi connectivity index (χ2n) is 3.99. The molecule has 76 valence electrons. The molecule has 1 nitrogen and oxygen atoms in total. The maximum Gasteiger partial charge on any atom is 0.186 e. The first-order chi connectivity index (χ1) is 7.11. The number of ketones is 1. The highest BCUT2D eigenvalue weighted by atomic mass is 32.1. The fraction of sp³-hybridized carbons (Fsp3) is 0.231. The van der Waals surface area contributed by atoms with Crippen molar-refractivity contribution in [2.24, 2.45) is 5.92 Å². The van der Waals surface area contributed by atoms with Gasteiger partial charge in [0, 0.05) is 16.0 Å². The van der Waals surface area contributed by atoms with Gasteiger partial charge < -0.3 is 0 Å². The van der Waals surface area contributed by atoms with E-state index in [0.29, 0.717) is 5.92 Å². The van der Waals surface area contributed by atoms with Crippen molar-refractivity contribution in [2.45, 2.75) is 13.8 Å². The van der Waals surface area contributed by atoms with Gasteiger partial charge in [0.15, 0.2) is 5.78 Å². The third kappa shape index (κ3) is 1.65. The van der Waals surface area contributed by atoms with E-state index in [1.54, 1.807) is 6.08 Å². The number of rotatable bonds is 1. The molecular weight excluding hydrogens is 204 g/mol. The monoisotopic (exact) mass is 216 g/mol. The molecule has 0 aromatic heterocycles. The largest absolute Gasteiger partial charge is 0.289 e. The van der Waals surface area contributed by atoms with Crippen LogP contribution in [-0.4, -0.2) is 10.6 Å². The van der Waals surface area contributed by atoms with Crippen molar-refractivity contribution in [1.82, 2.24) is 0 Å². The number of carbonyl (C=O) groups excluding carboxylic acids is 1. The highest BCUT2D eigenvalue weighted by molar-refractivity contribution is 7.81. The maximum absolute atomic E-state index is 11.8. The number of allylic oxidation sites excluding steroid dienone is 2. The van der Waals surface area contributed by atoms with Crippen LogP contribution in [0.15, 0.2) is 35.9 Å². The molecule has 2 rings (SSSR count). The first-order valence-corrected chi connectivity index (χ1v) is 5.41. The van der Waals surface area contributed by atoms with Crippen LogP contribution < -0.4 is 0 Å². The zero-order valence-electron chi connectivity index (χ0n) is 8.78. The van der Waals surface area contributed by atoms with E-state index in [-0.39, 0.29) is 5.78 Å². The van der Waals surface area contributed by atoms with Crippen molar-refractivity contribution in [3.8, 4) is 0 Å². The number of fused-ring (bicyclic) bond motifs is 1. The second kappa shape index (κ2) is 3.70. The van der Waals surface area contributed by atoms with Crippen LogP contribution in [-0.2, 0) is 0 Å². The molecule has 0 spiro atoms. The van der Waals surface area contributed by atoms with E-state index in [0.717, 1.165) is 21.6 Å². The fourth-order valence-corrected chi connectivity index (χ4v) is 2.24. The predicted molar refractivity (Wildman–Crippen MR) is 65.4 cm³/mol. The van der Waals surface area contributed by atoms with Gasteiger partial charge in [-0.05, 0) is 17.6 Å². The molecule has 1 aromatic rings. The summed E-state index contributed by atoms with van der Waals surface area (Å²) in [5, 5.41) is 0. The Morgan fingerprint density at radius 3 is 2.33 bits per heavy atom. The molecule has 0 amide bonds. The number of hydrogen-bond acceptors (Lipinski definition) is 2. The van der Waals surface area contributed by atoms with Gasteiger partial charge in [0.05, 0.1) is 0 Å². The maximum atomic E-state index is 11.8. The third-order valence-corrected chi connectivity index (χ3v) is 3.06. The van der Waals surface area contributed by atoms with Crippen molar-refractivity contribution >= 4 is 22.9 Å². The molecule has 0 radical (unpaired) electrons. The Bertz CT molecular complexity index is 469. The molecule has 15 heavy (non-hydrogen) atoms. The summed E-state index contributed by atoms with van der Waals surface area (Å²) in [5.41, 5.74) is 2.62. The molecule has 0 saturated carbocycles. The average Bonchev–Trinajstić information content (AvgIpc) is 2.23. The highest BCUT2D eigenvalue weighted by Crippen LogP contribution is 2.26. The van der Waals surface area contributed by atoms with Crippen LogP contribution in [0.2, 0.25) is 0 Å². The van der Waals surface area contributed by atoms with Gasteiger partial charge in [-0.3, -0.25) is 4.79 Å². The van der Waals surface area contributed by atoms with Crippen LogP contribution in [0.25, 0.3) is 0 Å². The van der Waals surface area contributed by atoms with Gasteiger partial charge in [-0.25, -0.2) is 0 Å². The lowest BCUT2D eigenvalue weighted by Gasteiger charge is -2.19. The topological polar surface area (TPSA) is 17.1 Å². The standard InChI is InChI=1S/C13H12OS/c1-8(2)11-7-12(14)9-5-3-4-6-10(9)13(11)15/h3-8H,1-2H3. The Balaban J connectivity index is 2.59. The third-order valence-electron chi connectivity index (χ3n) is 2.61. The number of benzene rings is 1. The van der Waals surface area contributed by atoms with Crippen molar-refractivity contribution in [1.29, 1.82) is 0 Å². The van der Waals surface area contributed by atoms with Gasteiger partial charge in [-0.15, -0.1) is 0 Å². The summed E-state index contributed by atoms with van der Waals surface area (Å²) in [4.78, 5) is 12.6. The summed E-state index contributed by atoms with van der Waals surface area (Å²) in [6, 6.07) is 7.54. The molecule has 0 unspecified atom stereocenters. The molecule has 2 heteroatoms. The van der Waals surface area contributed by atoms with Crippen molar-refractivity contribution in [2.75, 3.05) is 0 Å². The molecule has 1 aliphatic rings. The van der Waals surface area contributed by atoms with Crippen LogP contribution in [0.4, 0.5) is 0 Å². The van der Waals surface area contributed by atoms with Crippen LogP contribution in [0.3, 0.4) is 0 Å². The zero-order valence-corrected chi connectivity index (χ0v) is 9.60. The van der Waals surface area contributed by atoms with Gasteiger partial charge in [-0.2, -0.15) is 0 Å². The fourth-order valence-electron chi connectivity index (χ4n) is 1.76. The summed E-state index contributed by atoms with van der Waals surface area (Å²) in [6.07, 6.45) is 1.68. The van der Waals surface area contributed by atoms with Crippen LogP contribution in [0, 0.1) is 5.92 Å². The molecule has 0 bridgehead atoms. The van der Waals surface area contributed by atoms with Crippen molar-refractivity contribution in [3.05, 3.63) is 47.0 Å². The quantitative estimate of drug-likeness (QED) is 0.671. The van der Waals surface area contributed by atoms with E-state index in [1.165, 1.54) is 0 Å². The second-order valence-corrected chi connectivity index (χ2v) is 4.40. The summed E-state index contributed by atoms with van der Waals surface area (Å²) in [6.45, 7) is 4.11. The van der Waals surface area contributed by atoms with E-state index in [1.807, 2.05) is 24.3 Å². The number of hydrogen-bond donors (Lipinski definition) is 0. The van der Waals surface area contributed by atoms with Gasteiger partial charge in [0.2, 0.25) is 0 Å². The first kappa shape index (κ1) is 10.2. The Morgan fingerprint density at radius 1 is 1.13 bits per heavy atom. The molecular formula is C13H12OS. The smallest absolute Gasteiger partial charge is 0.186 e.